The molecule has 2 aromatic rings. The molecule has 2 aliphatic rings. The molecule has 160 valence electrons. The molecule has 0 spiro atoms. The van der Waals surface area contributed by atoms with Crippen LogP contribution >= 0.6 is 11.6 Å². The highest BCUT2D eigenvalue weighted by atomic mass is 35.5. The summed E-state index contributed by atoms with van der Waals surface area (Å²) in [5.41, 5.74) is 3.80. The van der Waals surface area contributed by atoms with Crippen LogP contribution in [0.4, 0.5) is 21.5 Å². The van der Waals surface area contributed by atoms with E-state index in [4.69, 9.17) is 19.4 Å². The van der Waals surface area contributed by atoms with Crippen LogP contribution in [-0.2, 0) is 0 Å². The van der Waals surface area contributed by atoms with Gasteiger partial charge < -0.3 is 25.5 Å². The van der Waals surface area contributed by atoms with E-state index in [1.54, 1.807) is 11.0 Å². The highest BCUT2D eigenvalue weighted by molar-refractivity contribution is 6.31. The van der Waals surface area contributed by atoms with Crippen LogP contribution in [0, 0.1) is 5.82 Å². The van der Waals surface area contributed by atoms with Crippen molar-refractivity contribution in [2.75, 3.05) is 29.2 Å². The van der Waals surface area contributed by atoms with E-state index in [-0.39, 0.29) is 11.9 Å². The van der Waals surface area contributed by atoms with Crippen molar-refractivity contribution in [1.29, 1.82) is 0 Å². The zero-order valence-electron chi connectivity index (χ0n) is 17.9. The first kappa shape index (κ1) is 21.6. The summed E-state index contributed by atoms with van der Waals surface area (Å²) in [5.74, 6) is 0.195. The first-order chi connectivity index (χ1) is 14.6. The maximum atomic E-state index is 14.1. The highest BCUT2D eigenvalue weighted by Gasteiger charge is 2.44. The molecule has 2 unspecified atom stereocenters. The van der Waals surface area contributed by atoms with Crippen LogP contribution in [0.2, 0.25) is 5.02 Å². The Bertz CT molecular complexity index is 1100. The van der Waals surface area contributed by atoms with Gasteiger partial charge in [0.2, 0.25) is 0 Å². The topological polar surface area (TPSA) is 50.8 Å². The molecule has 2 aliphatic heterocycles. The Balaban J connectivity index is 1.97. The third kappa shape index (κ3) is 3.18. The van der Waals surface area contributed by atoms with Gasteiger partial charge in [-0.3, -0.25) is 0 Å². The Labute approximate surface area is 188 Å². The maximum Gasteiger partial charge on any atom is 0.144 e. The van der Waals surface area contributed by atoms with Crippen molar-refractivity contribution in [3.8, 4) is 0 Å². The first-order valence-electron chi connectivity index (χ1n) is 10.2. The van der Waals surface area contributed by atoms with Crippen molar-refractivity contribution in [3.63, 3.8) is 0 Å². The van der Waals surface area contributed by atoms with E-state index in [1.165, 1.54) is 12.1 Å². The standard InChI is InChI=1S/C23H25BClFN4O/c1-6-9-23(24,31)30-13(3)29(5)22-18(30)11-17(27-4)20-19(22)12(2)28-21(20)15-10-14(26)7-8-16(15)25/h7-8,10-11,21,27-28,31H,2-3,6,9H2,1,4-5H3. The predicted molar refractivity (Wildman–Crippen MR) is 127 cm³/mol. The lowest BCUT2D eigenvalue weighted by molar-refractivity contribution is 0.120. The molecule has 0 aliphatic carbocycles. The fourth-order valence-corrected chi connectivity index (χ4v) is 4.84. The van der Waals surface area contributed by atoms with Gasteiger partial charge in [-0.2, -0.15) is 0 Å². The van der Waals surface area contributed by atoms with Gasteiger partial charge in [0.15, 0.2) is 0 Å². The highest BCUT2D eigenvalue weighted by Crippen LogP contribution is 2.55. The lowest BCUT2D eigenvalue weighted by Crippen LogP contribution is -2.49. The summed E-state index contributed by atoms with van der Waals surface area (Å²) >= 11 is 6.43. The molecule has 2 heterocycles. The van der Waals surface area contributed by atoms with E-state index in [2.05, 4.69) is 23.8 Å². The second kappa shape index (κ2) is 7.50. The van der Waals surface area contributed by atoms with Crippen LogP contribution < -0.4 is 20.4 Å². The molecule has 0 saturated carbocycles. The minimum absolute atomic E-state index is 0.364. The van der Waals surface area contributed by atoms with E-state index in [9.17, 15) is 9.50 Å². The number of halogens is 2. The minimum Gasteiger partial charge on any atom is -0.388 e. The maximum absolute atomic E-state index is 14.1. The molecule has 0 aromatic heterocycles. The summed E-state index contributed by atoms with van der Waals surface area (Å²) in [6, 6.07) is 5.86. The summed E-state index contributed by atoms with van der Waals surface area (Å²) in [6.07, 6.45) is 1.07. The van der Waals surface area contributed by atoms with Gasteiger partial charge >= 0.3 is 0 Å². The first-order valence-corrected chi connectivity index (χ1v) is 10.5. The summed E-state index contributed by atoms with van der Waals surface area (Å²) in [5, 5.41) is 18.1. The van der Waals surface area contributed by atoms with Gasteiger partial charge in [0.25, 0.3) is 0 Å². The predicted octanol–water partition coefficient (Wildman–Crippen LogP) is 4.53. The third-order valence-electron chi connectivity index (χ3n) is 5.99. The minimum atomic E-state index is -1.59. The molecule has 4 rings (SSSR count). The average Bonchev–Trinajstić information content (AvgIpc) is 3.18. The van der Waals surface area contributed by atoms with E-state index in [0.29, 0.717) is 34.9 Å². The fourth-order valence-electron chi connectivity index (χ4n) is 4.61. The Hall–Kier alpha value is -2.64. The smallest absolute Gasteiger partial charge is 0.144 e. The van der Waals surface area contributed by atoms with Crippen molar-refractivity contribution in [2.45, 2.75) is 31.4 Å². The van der Waals surface area contributed by atoms with Crippen LogP contribution in [-0.4, -0.2) is 32.7 Å². The molecule has 31 heavy (non-hydrogen) atoms. The number of anilines is 3. The zero-order valence-corrected chi connectivity index (χ0v) is 18.6. The molecule has 3 N–H and O–H groups in total. The van der Waals surface area contributed by atoms with Crippen LogP contribution in [0.1, 0.15) is 42.5 Å². The molecule has 5 nitrogen and oxygen atoms in total. The quantitative estimate of drug-likeness (QED) is 0.599. The number of benzene rings is 2. The van der Waals surface area contributed by atoms with Gasteiger partial charge in [0.1, 0.15) is 19.5 Å². The second-order valence-electron chi connectivity index (χ2n) is 7.99. The summed E-state index contributed by atoms with van der Waals surface area (Å²) in [4.78, 5) is 3.55. The number of aliphatic hydroxyl groups is 1. The van der Waals surface area contributed by atoms with Crippen molar-refractivity contribution >= 4 is 42.2 Å². The molecular formula is C23H25BClFN4O. The van der Waals surface area contributed by atoms with Crippen molar-refractivity contribution in [2.24, 2.45) is 0 Å². The molecule has 2 atom stereocenters. The Morgan fingerprint density at radius 1 is 1.35 bits per heavy atom. The Morgan fingerprint density at radius 3 is 2.71 bits per heavy atom. The van der Waals surface area contributed by atoms with E-state index in [1.807, 2.05) is 32.0 Å². The van der Waals surface area contributed by atoms with Crippen LogP contribution in [0.3, 0.4) is 0 Å². The van der Waals surface area contributed by atoms with Crippen LogP contribution in [0.5, 0.6) is 0 Å². The molecular weight excluding hydrogens is 414 g/mol. The number of rotatable bonds is 5. The number of nitrogens with zero attached hydrogens (tertiary/aromatic N) is 2. The number of hydrogen-bond acceptors (Lipinski definition) is 5. The van der Waals surface area contributed by atoms with Crippen LogP contribution in [0.15, 0.2) is 43.2 Å². The molecule has 0 bridgehead atoms. The van der Waals surface area contributed by atoms with Gasteiger partial charge in [0, 0.05) is 47.2 Å². The number of fused-ring (bicyclic) bond motifs is 3. The third-order valence-corrected chi connectivity index (χ3v) is 6.34. The molecule has 8 heteroatoms. The monoisotopic (exact) mass is 438 g/mol. The van der Waals surface area contributed by atoms with Gasteiger partial charge in [-0.15, -0.1) is 0 Å². The van der Waals surface area contributed by atoms with Crippen molar-refractivity contribution in [1.82, 2.24) is 5.32 Å². The molecule has 0 saturated heterocycles. The van der Waals surface area contributed by atoms with Crippen LogP contribution in [0.25, 0.3) is 5.70 Å². The average molecular weight is 439 g/mol. The summed E-state index contributed by atoms with van der Waals surface area (Å²) in [7, 11) is 9.99. The van der Waals surface area contributed by atoms with E-state index >= 15 is 0 Å². The molecule has 0 amide bonds. The zero-order chi connectivity index (χ0) is 22.7. The summed E-state index contributed by atoms with van der Waals surface area (Å²) in [6.45, 7) is 10.3. The molecule has 2 aromatic carbocycles. The van der Waals surface area contributed by atoms with Gasteiger partial charge in [0.05, 0.1) is 23.0 Å². The van der Waals surface area contributed by atoms with E-state index < -0.39 is 5.62 Å². The van der Waals surface area contributed by atoms with Gasteiger partial charge in [-0.05, 0) is 30.7 Å². The Kier molecular flexibility index (Phi) is 5.22. The van der Waals surface area contributed by atoms with E-state index in [0.717, 1.165) is 28.2 Å². The normalized spacial score (nSPS) is 19.2. The SMILES string of the molecule is [B]C(O)(CCC)N1C(=C)N(C)c2c1cc(NC)c1c2C(=C)NC1c1cc(F)ccc1Cl. The Morgan fingerprint density at radius 2 is 2.06 bits per heavy atom. The van der Waals surface area contributed by atoms with Gasteiger partial charge in [-0.1, -0.05) is 38.1 Å². The lowest BCUT2D eigenvalue weighted by atomic mass is 9.84. The second-order valence-corrected chi connectivity index (χ2v) is 8.40. The number of hydrogen-bond donors (Lipinski definition) is 3. The largest absolute Gasteiger partial charge is 0.388 e. The fraction of sp³-hybridized carbons (Fsp3) is 0.304. The van der Waals surface area contributed by atoms with Gasteiger partial charge in [-0.25, -0.2) is 4.39 Å². The lowest BCUT2D eigenvalue weighted by Gasteiger charge is -2.37. The van der Waals surface area contributed by atoms with Crippen molar-refractivity contribution < 1.29 is 9.50 Å². The molecule has 2 radical (unpaired) electrons. The summed E-state index contributed by atoms with van der Waals surface area (Å²) < 4.78 is 14.1. The number of nitrogens with one attached hydrogen (secondary N) is 2. The molecule has 0 fully saturated rings. The van der Waals surface area contributed by atoms with Crippen molar-refractivity contribution in [3.05, 3.63) is 70.8 Å².